The number of aliphatic imine (C=N–C) groups is 1. The van der Waals surface area contributed by atoms with E-state index in [0.29, 0.717) is 6.61 Å². The molecule has 3 rings (SSSR count). The number of para-hydroxylation sites is 1. The van der Waals surface area contributed by atoms with Crippen molar-refractivity contribution in [3.63, 3.8) is 0 Å². The van der Waals surface area contributed by atoms with Crippen LogP contribution in [0.5, 0.6) is 5.75 Å². The van der Waals surface area contributed by atoms with Crippen molar-refractivity contribution in [1.82, 2.24) is 10.6 Å². The first-order valence-corrected chi connectivity index (χ1v) is 9.46. The average Bonchev–Trinajstić information content (AvgIpc) is 3.26. The quantitative estimate of drug-likeness (QED) is 0.194. The van der Waals surface area contributed by atoms with Gasteiger partial charge in [0.2, 0.25) is 0 Å². The van der Waals surface area contributed by atoms with E-state index >= 15 is 0 Å². The van der Waals surface area contributed by atoms with Gasteiger partial charge in [-0.15, -0.1) is 24.0 Å². The number of halogens is 1. The van der Waals surface area contributed by atoms with Gasteiger partial charge in [-0.3, -0.25) is 4.99 Å². The van der Waals surface area contributed by atoms with Crippen LogP contribution in [0.15, 0.2) is 71.7 Å². The van der Waals surface area contributed by atoms with Crippen molar-refractivity contribution in [2.75, 3.05) is 38.2 Å². The zero-order valence-corrected chi connectivity index (χ0v) is 18.6. The molecule has 0 saturated heterocycles. The van der Waals surface area contributed by atoms with E-state index in [2.05, 4.69) is 56.9 Å². The van der Waals surface area contributed by atoms with E-state index in [1.165, 1.54) is 11.3 Å². The summed E-state index contributed by atoms with van der Waals surface area (Å²) in [5, 5.41) is 6.68. The maximum atomic E-state index is 5.70. The third kappa shape index (κ3) is 7.07. The summed E-state index contributed by atoms with van der Waals surface area (Å²) in [6, 6.07) is 18.6. The van der Waals surface area contributed by atoms with Crippen molar-refractivity contribution in [2.24, 2.45) is 4.99 Å². The van der Waals surface area contributed by atoms with Gasteiger partial charge in [-0.2, -0.15) is 0 Å². The van der Waals surface area contributed by atoms with E-state index in [4.69, 9.17) is 4.74 Å². The summed E-state index contributed by atoms with van der Waals surface area (Å²) in [5.74, 6) is 1.72. The third-order valence-corrected chi connectivity index (χ3v) is 4.43. The second kappa shape index (κ2) is 12.3. The van der Waals surface area contributed by atoms with Crippen molar-refractivity contribution in [1.29, 1.82) is 0 Å². The van der Waals surface area contributed by atoms with Gasteiger partial charge in [0.05, 0.1) is 6.61 Å². The maximum absolute atomic E-state index is 5.70. The van der Waals surface area contributed by atoms with Gasteiger partial charge in [0.1, 0.15) is 5.75 Å². The molecule has 1 heterocycles. The topological polar surface area (TPSA) is 48.9 Å². The SMILES string of the molecule is CN=C(NCCCOc1ccccc1)NCc1ccc(N2CC=CC2)cc1.I. The molecule has 0 bridgehead atoms. The Hall–Kier alpha value is -2.22. The molecule has 0 aliphatic carbocycles. The highest BCUT2D eigenvalue weighted by molar-refractivity contribution is 14.0. The van der Waals surface area contributed by atoms with Gasteiger partial charge in [0, 0.05) is 38.9 Å². The van der Waals surface area contributed by atoms with Gasteiger partial charge < -0.3 is 20.3 Å². The fraction of sp³-hybridized carbons (Fsp3) is 0.318. The van der Waals surface area contributed by atoms with E-state index in [0.717, 1.165) is 44.3 Å². The molecule has 1 aliphatic heterocycles. The molecule has 28 heavy (non-hydrogen) atoms. The predicted molar refractivity (Wildman–Crippen MR) is 128 cm³/mol. The Morgan fingerprint density at radius 1 is 1.00 bits per heavy atom. The number of nitrogens with one attached hydrogen (secondary N) is 2. The smallest absolute Gasteiger partial charge is 0.191 e. The van der Waals surface area contributed by atoms with E-state index in [9.17, 15) is 0 Å². The van der Waals surface area contributed by atoms with Gasteiger partial charge >= 0.3 is 0 Å². The lowest BCUT2D eigenvalue weighted by Crippen LogP contribution is -2.37. The first-order chi connectivity index (χ1) is 13.3. The standard InChI is InChI=1S/C22H28N4O.HI/c1-23-22(24-14-7-17-27-21-8-3-2-4-9-21)25-18-19-10-12-20(13-11-19)26-15-5-6-16-26;/h2-6,8-13H,7,14-18H2,1H3,(H2,23,24,25);1H. The summed E-state index contributed by atoms with van der Waals surface area (Å²) in [5.41, 5.74) is 2.51. The summed E-state index contributed by atoms with van der Waals surface area (Å²) in [7, 11) is 1.79. The Labute approximate surface area is 184 Å². The Morgan fingerprint density at radius 2 is 1.71 bits per heavy atom. The Kier molecular flexibility index (Phi) is 9.68. The number of rotatable bonds is 8. The van der Waals surface area contributed by atoms with Crippen LogP contribution in [-0.2, 0) is 6.54 Å². The summed E-state index contributed by atoms with van der Waals surface area (Å²) in [6.45, 7) is 4.25. The zero-order chi connectivity index (χ0) is 18.7. The highest BCUT2D eigenvalue weighted by Crippen LogP contribution is 2.17. The monoisotopic (exact) mass is 492 g/mol. The van der Waals surface area contributed by atoms with E-state index in [1.54, 1.807) is 7.05 Å². The van der Waals surface area contributed by atoms with E-state index in [-0.39, 0.29) is 24.0 Å². The van der Waals surface area contributed by atoms with Crippen LogP contribution in [0.2, 0.25) is 0 Å². The normalized spacial score (nSPS) is 13.2. The summed E-state index contributed by atoms with van der Waals surface area (Å²) in [4.78, 5) is 6.62. The Balaban J connectivity index is 0.00000280. The minimum atomic E-state index is 0. The number of benzene rings is 2. The van der Waals surface area contributed by atoms with Gasteiger partial charge in [0.25, 0.3) is 0 Å². The summed E-state index contributed by atoms with van der Waals surface area (Å²) >= 11 is 0. The first-order valence-electron chi connectivity index (χ1n) is 9.46. The lowest BCUT2D eigenvalue weighted by molar-refractivity contribution is 0.311. The molecule has 0 saturated carbocycles. The zero-order valence-electron chi connectivity index (χ0n) is 16.3. The maximum Gasteiger partial charge on any atom is 0.191 e. The minimum Gasteiger partial charge on any atom is -0.494 e. The highest BCUT2D eigenvalue weighted by atomic mass is 127. The predicted octanol–water partition coefficient (Wildman–Crippen LogP) is 3.81. The van der Waals surface area contributed by atoms with Gasteiger partial charge in [-0.1, -0.05) is 42.5 Å². The lowest BCUT2D eigenvalue weighted by Gasteiger charge is -2.18. The van der Waals surface area contributed by atoms with Crippen LogP contribution in [0, 0.1) is 0 Å². The van der Waals surface area contributed by atoms with Crippen LogP contribution in [0.25, 0.3) is 0 Å². The Bertz CT molecular complexity index is 739. The number of hydrogen-bond acceptors (Lipinski definition) is 3. The second-order valence-corrected chi connectivity index (χ2v) is 6.41. The number of nitrogens with zero attached hydrogens (tertiary/aromatic N) is 2. The van der Waals surface area contributed by atoms with E-state index < -0.39 is 0 Å². The molecule has 5 nitrogen and oxygen atoms in total. The van der Waals surface area contributed by atoms with Crippen LogP contribution < -0.4 is 20.3 Å². The second-order valence-electron chi connectivity index (χ2n) is 6.41. The van der Waals surface area contributed by atoms with Crippen molar-refractivity contribution >= 4 is 35.6 Å². The van der Waals surface area contributed by atoms with Crippen molar-refractivity contribution < 1.29 is 4.74 Å². The summed E-state index contributed by atoms with van der Waals surface area (Å²) in [6.07, 6.45) is 5.32. The molecule has 2 aromatic rings. The molecule has 0 atom stereocenters. The van der Waals surface area contributed by atoms with Crippen molar-refractivity contribution in [3.05, 3.63) is 72.3 Å². The minimum absolute atomic E-state index is 0. The van der Waals surface area contributed by atoms with Crippen LogP contribution in [-0.4, -0.2) is 39.2 Å². The largest absolute Gasteiger partial charge is 0.494 e. The lowest BCUT2D eigenvalue weighted by atomic mass is 10.2. The first kappa shape index (κ1) is 22.1. The number of anilines is 1. The molecule has 0 aromatic heterocycles. The average molecular weight is 492 g/mol. The van der Waals surface area contributed by atoms with Gasteiger partial charge in [-0.05, 0) is 36.2 Å². The molecule has 6 heteroatoms. The fourth-order valence-electron chi connectivity index (χ4n) is 2.91. The number of hydrogen-bond donors (Lipinski definition) is 2. The molecule has 2 aromatic carbocycles. The Morgan fingerprint density at radius 3 is 2.39 bits per heavy atom. The van der Waals surface area contributed by atoms with Crippen LogP contribution >= 0.6 is 24.0 Å². The molecular formula is C22H29IN4O. The fourth-order valence-corrected chi connectivity index (χ4v) is 2.91. The molecule has 0 fully saturated rings. The molecule has 0 amide bonds. The van der Waals surface area contributed by atoms with Crippen molar-refractivity contribution in [3.8, 4) is 5.75 Å². The van der Waals surface area contributed by atoms with Crippen LogP contribution in [0.4, 0.5) is 5.69 Å². The summed E-state index contributed by atoms with van der Waals surface area (Å²) < 4.78 is 5.70. The molecule has 0 spiro atoms. The molecule has 1 aliphatic rings. The van der Waals surface area contributed by atoms with Crippen molar-refractivity contribution in [2.45, 2.75) is 13.0 Å². The number of guanidine groups is 1. The van der Waals surface area contributed by atoms with Crippen LogP contribution in [0.1, 0.15) is 12.0 Å². The molecule has 0 unspecified atom stereocenters. The van der Waals surface area contributed by atoms with Gasteiger partial charge in [0.15, 0.2) is 5.96 Å². The highest BCUT2D eigenvalue weighted by Gasteiger charge is 2.07. The molecular weight excluding hydrogens is 463 g/mol. The van der Waals surface area contributed by atoms with E-state index in [1.807, 2.05) is 30.3 Å². The molecule has 150 valence electrons. The number of ether oxygens (including phenoxy) is 1. The molecule has 2 N–H and O–H groups in total. The third-order valence-electron chi connectivity index (χ3n) is 4.43. The van der Waals surface area contributed by atoms with Gasteiger partial charge in [-0.25, -0.2) is 0 Å². The molecule has 0 radical (unpaired) electrons. The van der Waals surface area contributed by atoms with Crippen LogP contribution in [0.3, 0.4) is 0 Å².